The van der Waals surface area contributed by atoms with E-state index in [2.05, 4.69) is 5.32 Å². The third-order valence-electron chi connectivity index (χ3n) is 4.58. The van der Waals surface area contributed by atoms with Crippen molar-refractivity contribution in [1.82, 2.24) is 4.31 Å². The summed E-state index contributed by atoms with van der Waals surface area (Å²) in [7, 11) is -3.72. The van der Waals surface area contributed by atoms with E-state index in [4.69, 9.17) is 0 Å². The Morgan fingerprint density at radius 1 is 1.07 bits per heavy atom. The summed E-state index contributed by atoms with van der Waals surface area (Å²) in [5, 5.41) is 2.39. The molecule has 5 nitrogen and oxygen atoms in total. The minimum absolute atomic E-state index is 0.0237. The van der Waals surface area contributed by atoms with Crippen LogP contribution >= 0.6 is 0 Å². The number of nitrogens with zero attached hydrogens (tertiary/aromatic N) is 1. The summed E-state index contributed by atoms with van der Waals surface area (Å²) in [6.45, 7) is 2.50. The first-order chi connectivity index (χ1) is 13.1. The van der Waals surface area contributed by atoms with Gasteiger partial charge in [-0.25, -0.2) is 8.42 Å². The van der Waals surface area contributed by atoms with Gasteiger partial charge in [0.25, 0.3) is 5.91 Å². The van der Waals surface area contributed by atoms with Gasteiger partial charge in [0.2, 0.25) is 10.0 Å². The van der Waals surface area contributed by atoms with Crippen molar-refractivity contribution in [3.05, 3.63) is 59.2 Å². The lowest BCUT2D eigenvalue weighted by molar-refractivity contribution is -0.137. The molecular weight excluding hydrogens is 393 g/mol. The van der Waals surface area contributed by atoms with Gasteiger partial charge in [-0.3, -0.25) is 4.79 Å². The average Bonchev–Trinajstić information content (AvgIpc) is 3.17. The van der Waals surface area contributed by atoms with E-state index in [9.17, 15) is 26.4 Å². The first-order valence-electron chi connectivity index (χ1n) is 8.68. The highest BCUT2D eigenvalue weighted by Gasteiger charge is 2.31. The van der Waals surface area contributed by atoms with Gasteiger partial charge in [-0.2, -0.15) is 17.5 Å². The van der Waals surface area contributed by atoms with Crippen molar-refractivity contribution in [3.63, 3.8) is 0 Å². The summed E-state index contributed by atoms with van der Waals surface area (Å²) in [5.41, 5.74) is -0.348. The molecule has 0 spiro atoms. The van der Waals surface area contributed by atoms with Gasteiger partial charge in [0.05, 0.1) is 10.5 Å². The molecule has 1 aliphatic rings. The maximum absolute atomic E-state index is 12.8. The number of amides is 1. The van der Waals surface area contributed by atoms with Crippen LogP contribution in [-0.2, 0) is 16.2 Å². The number of sulfonamides is 1. The topological polar surface area (TPSA) is 66.5 Å². The molecule has 1 heterocycles. The van der Waals surface area contributed by atoms with E-state index in [1.54, 1.807) is 6.92 Å². The monoisotopic (exact) mass is 412 g/mol. The molecule has 2 aromatic carbocycles. The predicted molar refractivity (Wildman–Crippen MR) is 98.6 cm³/mol. The molecule has 0 aliphatic carbocycles. The predicted octanol–water partition coefficient (Wildman–Crippen LogP) is 4.05. The number of anilines is 1. The van der Waals surface area contributed by atoms with Crippen LogP contribution < -0.4 is 5.32 Å². The summed E-state index contributed by atoms with van der Waals surface area (Å²) < 4.78 is 65.5. The second kappa shape index (κ2) is 7.56. The normalized spacial score (nSPS) is 15.6. The molecule has 3 rings (SSSR count). The molecule has 1 N–H and O–H groups in total. The third-order valence-corrected chi connectivity index (χ3v) is 6.62. The van der Waals surface area contributed by atoms with Crippen LogP contribution in [0.2, 0.25) is 0 Å². The van der Waals surface area contributed by atoms with E-state index in [0.29, 0.717) is 18.7 Å². The SMILES string of the molecule is Cc1ccc(C(=O)Nc2cccc(C(F)(F)F)c2)cc1S(=O)(=O)N1CCCC1. The lowest BCUT2D eigenvalue weighted by Crippen LogP contribution is -2.28. The molecule has 150 valence electrons. The second-order valence-electron chi connectivity index (χ2n) is 6.62. The zero-order valence-corrected chi connectivity index (χ0v) is 15.9. The molecule has 0 atom stereocenters. The molecule has 1 fully saturated rings. The number of aryl methyl sites for hydroxylation is 1. The molecule has 0 aromatic heterocycles. The number of benzene rings is 2. The first-order valence-corrected chi connectivity index (χ1v) is 10.1. The number of halogens is 3. The molecule has 9 heteroatoms. The van der Waals surface area contributed by atoms with Crippen LogP contribution in [0.25, 0.3) is 0 Å². The van der Waals surface area contributed by atoms with E-state index in [1.807, 2.05) is 0 Å². The Kier molecular flexibility index (Phi) is 5.49. The molecule has 0 unspecified atom stereocenters. The Labute approximate surface area is 161 Å². The van der Waals surface area contributed by atoms with Crippen molar-refractivity contribution in [2.24, 2.45) is 0 Å². The van der Waals surface area contributed by atoms with E-state index < -0.39 is 27.7 Å². The highest BCUT2D eigenvalue weighted by molar-refractivity contribution is 7.89. The fourth-order valence-electron chi connectivity index (χ4n) is 3.06. The van der Waals surface area contributed by atoms with Gasteiger partial charge in [-0.1, -0.05) is 12.1 Å². The molecule has 1 saturated heterocycles. The maximum atomic E-state index is 12.8. The van der Waals surface area contributed by atoms with Gasteiger partial charge < -0.3 is 5.32 Å². The molecule has 0 saturated carbocycles. The van der Waals surface area contributed by atoms with E-state index in [-0.39, 0.29) is 16.1 Å². The zero-order valence-electron chi connectivity index (χ0n) is 15.1. The minimum atomic E-state index is -4.53. The van der Waals surface area contributed by atoms with Gasteiger partial charge in [-0.15, -0.1) is 0 Å². The Morgan fingerprint density at radius 2 is 1.75 bits per heavy atom. The number of carbonyl (C=O) groups is 1. The van der Waals surface area contributed by atoms with Crippen molar-refractivity contribution in [1.29, 1.82) is 0 Å². The number of alkyl halides is 3. The van der Waals surface area contributed by atoms with Gasteiger partial charge in [0.15, 0.2) is 0 Å². The Balaban J connectivity index is 1.87. The molecular formula is C19H19F3N2O3S. The smallest absolute Gasteiger partial charge is 0.322 e. The standard InChI is InChI=1S/C19H19F3N2O3S/c1-13-7-8-14(11-17(13)28(26,27)24-9-2-3-10-24)18(25)23-16-6-4-5-15(12-16)19(20,21)22/h4-8,11-12H,2-3,9-10H2,1H3,(H,23,25). The Bertz CT molecular complexity index is 998. The van der Waals surface area contributed by atoms with Crippen LogP contribution in [0, 0.1) is 6.92 Å². The lowest BCUT2D eigenvalue weighted by Gasteiger charge is -2.18. The van der Waals surface area contributed by atoms with E-state index in [1.165, 1.54) is 34.6 Å². The molecule has 0 bridgehead atoms. The van der Waals surface area contributed by atoms with Crippen LogP contribution in [0.5, 0.6) is 0 Å². The quantitative estimate of drug-likeness (QED) is 0.824. The van der Waals surface area contributed by atoms with Crippen molar-refractivity contribution in [2.75, 3.05) is 18.4 Å². The molecule has 1 amide bonds. The largest absolute Gasteiger partial charge is 0.416 e. The fraction of sp³-hybridized carbons (Fsp3) is 0.316. The van der Waals surface area contributed by atoms with Crippen molar-refractivity contribution >= 4 is 21.6 Å². The number of nitrogens with one attached hydrogen (secondary N) is 1. The van der Waals surface area contributed by atoms with Crippen LogP contribution in [0.15, 0.2) is 47.4 Å². The van der Waals surface area contributed by atoms with E-state index in [0.717, 1.165) is 25.0 Å². The molecule has 28 heavy (non-hydrogen) atoms. The zero-order chi connectivity index (χ0) is 20.5. The van der Waals surface area contributed by atoms with Gasteiger partial charge in [0, 0.05) is 24.3 Å². The fourth-order valence-corrected chi connectivity index (χ4v) is 4.83. The Morgan fingerprint density at radius 3 is 2.39 bits per heavy atom. The number of carbonyl (C=O) groups excluding carboxylic acids is 1. The third kappa shape index (κ3) is 4.20. The highest BCUT2D eigenvalue weighted by atomic mass is 32.2. The lowest BCUT2D eigenvalue weighted by atomic mass is 10.1. The number of hydrogen-bond donors (Lipinski definition) is 1. The summed E-state index contributed by atoms with van der Waals surface area (Å²) in [6, 6.07) is 8.49. The Hall–Kier alpha value is -2.39. The van der Waals surface area contributed by atoms with Gasteiger partial charge in [-0.05, 0) is 55.7 Å². The summed E-state index contributed by atoms with van der Waals surface area (Å²) in [4.78, 5) is 12.5. The summed E-state index contributed by atoms with van der Waals surface area (Å²) in [6.07, 6.45) is -2.95. The van der Waals surface area contributed by atoms with Crippen LogP contribution in [0.4, 0.5) is 18.9 Å². The minimum Gasteiger partial charge on any atom is -0.322 e. The molecule has 1 aliphatic heterocycles. The van der Waals surface area contributed by atoms with Gasteiger partial charge in [0.1, 0.15) is 0 Å². The maximum Gasteiger partial charge on any atom is 0.416 e. The average molecular weight is 412 g/mol. The summed E-state index contributed by atoms with van der Waals surface area (Å²) >= 11 is 0. The van der Waals surface area contributed by atoms with Crippen LogP contribution in [0.3, 0.4) is 0 Å². The molecule has 0 radical (unpaired) electrons. The van der Waals surface area contributed by atoms with Crippen molar-refractivity contribution < 1.29 is 26.4 Å². The summed E-state index contributed by atoms with van der Waals surface area (Å²) in [5.74, 6) is -0.683. The first kappa shape index (κ1) is 20.3. The van der Waals surface area contributed by atoms with Crippen LogP contribution in [0.1, 0.15) is 34.3 Å². The highest BCUT2D eigenvalue weighted by Crippen LogP contribution is 2.31. The van der Waals surface area contributed by atoms with Crippen LogP contribution in [-0.4, -0.2) is 31.7 Å². The molecule has 2 aromatic rings. The second-order valence-corrected chi connectivity index (χ2v) is 8.53. The van der Waals surface area contributed by atoms with Crippen molar-refractivity contribution in [2.45, 2.75) is 30.8 Å². The van der Waals surface area contributed by atoms with Gasteiger partial charge >= 0.3 is 6.18 Å². The van der Waals surface area contributed by atoms with E-state index >= 15 is 0 Å². The van der Waals surface area contributed by atoms with Crippen molar-refractivity contribution in [3.8, 4) is 0 Å². The number of hydrogen-bond acceptors (Lipinski definition) is 3. The number of rotatable bonds is 4.